The van der Waals surface area contributed by atoms with E-state index in [9.17, 15) is 9.90 Å². The molecule has 0 unspecified atom stereocenters. The van der Waals surface area contributed by atoms with Crippen LogP contribution in [0.2, 0.25) is 0 Å². The molecule has 0 aliphatic carbocycles. The molecular weight excluding hydrogens is 262 g/mol. The summed E-state index contributed by atoms with van der Waals surface area (Å²) in [4.78, 5) is 11.3. The van der Waals surface area contributed by atoms with E-state index in [0.29, 0.717) is 23.6 Å². The molecule has 3 aromatic rings. The molecule has 3 aromatic heterocycles. The lowest BCUT2D eigenvalue weighted by molar-refractivity contribution is 0.0691. The highest BCUT2D eigenvalue weighted by molar-refractivity contribution is 5.92. The predicted molar refractivity (Wildman–Crippen MR) is 67.0 cm³/mol. The minimum atomic E-state index is -1.13. The molecule has 8 heteroatoms. The van der Waals surface area contributed by atoms with Gasteiger partial charge in [0.25, 0.3) is 0 Å². The first-order valence-electron chi connectivity index (χ1n) is 5.83. The van der Waals surface area contributed by atoms with Crippen LogP contribution in [0.25, 0.3) is 11.3 Å². The Bertz CT molecular complexity index is 741. The Balaban J connectivity index is 2.08. The number of hydrogen-bond donors (Lipinski definition) is 1. The fraction of sp³-hybridized carbons (Fsp3) is 0.167. The molecule has 0 amide bonds. The van der Waals surface area contributed by atoms with E-state index in [-0.39, 0.29) is 5.69 Å². The van der Waals surface area contributed by atoms with Gasteiger partial charge in [-0.3, -0.25) is 4.68 Å². The zero-order valence-electron chi connectivity index (χ0n) is 10.6. The number of carbonyl (C=O) groups is 1. The fourth-order valence-corrected chi connectivity index (χ4v) is 1.95. The molecule has 0 saturated carbocycles. The molecule has 0 saturated heterocycles. The van der Waals surface area contributed by atoms with Crippen LogP contribution in [0.1, 0.15) is 16.2 Å². The van der Waals surface area contributed by atoms with Gasteiger partial charge >= 0.3 is 5.97 Å². The number of furan rings is 1. The van der Waals surface area contributed by atoms with Crippen LogP contribution in [0, 0.1) is 0 Å². The summed E-state index contributed by atoms with van der Waals surface area (Å²) in [5, 5.41) is 20.9. The van der Waals surface area contributed by atoms with Gasteiger partial charge in [-0.1, -0.05) is 5.21 Å². The molecule has 0 spiro atoms. The van der Waals surface area contributed by atoms with Crippen molar-refractivity contribution in [3.05, 3.63) is 42.2 Å². The van der Waals surface area contributed by atoms with Gasteiger partial charge in [-0.25, -0.2) is 9.48 Å². The van der Waals surface area contributed by atoms with E-state index in [1.54, 1.807) is 42.5 Å². The quantitative estimate of drug-likeness (QED) is 0.761. The van der Waals surface area contributed by atoms with Crippen LogP contribution in [0.3, 0.4) is 0 Å². The second kappa shape index (κ2) is 4.65. The number of aryl methyl sites for hydroxylation is 1. The Hall–Kier alpha value is -2.90. The van der Waals surface area contributed by atoms with Gasteiger partial charge in [-0.15, -0.1) is 5.10 Å². The molecule has 20 heavy (non-hydrogen) atoms. The monoisotopic (exact) mass is 273 g/mol. The number of hydrogen-bond acceptors (Lipinski definition) is 5. The third-order valence-electron chi connectivity index (χ3n) is 2.80. The number of nitrogens with zero attached hydrogens (tertiary/aromatic N) is 5. The SMILES string of the molecule is Cn1cc(-c2c(C(=O)O)nnn2Cc2ccco2)cn1. The van der Waals surface area contributed by atoms with Crippen LogP contribution in [-0.4, -0.2) is 35.9 Å². The van der Waals surface area contributed by atoms with E-state index in [2.05, 4.69) is 15.4 Å². The Morgan fingerprint density at radius 3 is 2.95 bits per heavy atom. The van der Waals surface area contributed by atoms with Crippen molar-refractivity contribution in [1.82, 2.24) is 24.8 Å². The maximum atomic E-state index is 11.3. The molecule has 3 rings (SSSR count). The molecular formula is C12H11N5O3. The molecule has 1 N–H and O–H groups in total. The lowest BCUT2D eigenvalue weighted by atomic mass is 10.2. The first kappa shape index (κ1) is 12.2. The van der Waals surface area contributed by atoms with Gasteiger partial charge in [0.15, 0.2) is 5.69 Å². The normalized spacial score (nSPS) is 10.8. The van der Waals surface area contributed by atoms with E-state index in [1.807, 2.05) is 0 Å². The Kier molecular flexibility index (Phi) is 2.82. The minimum absolute atomic E-state index is 0.107. The average molecular weight is 273 g/mol. The molecule has 0 aromatic carbocycles. The van der Waals surface area contributed by atoms with E-state index in [1.165, 1.54) is 4.68 Å². The Labute approximate surface area is 113 Å². The van der Waals surface area contributed by atoms with Crippen molar-refractivity contribution in [2.45, 2.75) is 6.54 Å². The number of aromatic carboxylic acids is 1. The predicted octanol–water partition coefficient (Wildman–Crippen LogP) is 1.02. The van der Waals surface area contributed by atoms with Gasteiger partial charge in [0, 0.05) is 18.8 Å². The summed E-state index contributed by atoms with van der Waals surface area (Å²) in [6.45, 7) is 0.303. The summed E-state index contributed by atoms with van der Waals surface area (Å²) in [5.41, 5.74) is 0.938. The third kappa shape index (κ3) is 2.07. The van der Waals surface area contributed by atoms with Crippen molar-refractivity contribution in [3.63, 3.8) is 0 Å². The third-order valence-corrected chi connectivity index (χ3v) is 2.80. The Morgan fingerprint density at radius 1 is 1.50 bits per heavy atom. The van der Waals surface area contributed by atoms with Crippen molar-refractivity contribution in [3.8, 4) is 11.3 Å². The largest absolute Gasteiger partial charge is 0.476 e. The zero-order chi connectivity index (χ0) is 14.1. The maximum absolute atomic E-state index is 11.3. The standard InChI is InChI=1S/C12H11N5O3/c1-16-6-8(5-13-16)11-10(12(18)19)14-15-17(11)7-9-3-2-4-20-9/h2-6H,7H2,1H3,(H,18,19). The highest BCUT2D eigenvalue weighted by Crippen LogP contribution is 2.22. The van der Waals surface area contributed by atoms with Crippen molar-refractivity contribution in [2.24, 2.45) is 7.05 Å². The van der Waals surface area contributed by atoms with Crippen LogP contribution in [-0.2, 0) is 13.6 Å². The molecule has 0 radical (unpaired) electrons. The van der Waals surface area contributed by atoms with Crippen LogP contribution in [0.15, 0.2) is 35.2 Å². The molecule has 0 fully saturated rings. The lowest BCUT2D eigenvalue weighted by Crippen LogP contribution is -2.05. The average Bonchev–Trinajstić information content (AvgIpc) is 3.09. The first-order valence-corrected chi connectivity index (χ1v) is 5.83. The number of aromatic nitrogens is 5. The molecule has 3 heterocycles. The molecule has 0 bridgehead atoms. The van der Waals surface area contributed by atoms with E-state index in [0.717, 1.165) is 0 Å². The minimum Gasteiger partial charge on any atom is -0.476 e. The highest BCUT2D eigenvalue weighted by atomic mass is 16.4. The van der Waals surface area contributed by atoms with Crippen molar-refractivity contribution < 1.29 is 14.3 Å². The van der Waals surface area contributed by atoms with Gasteiger partial charge in [0.05, 0.1) is 12.5 Å². The van der Waals surface area contributed by atoms with Gasteiger partial charge in [0.2, 0.25) is 0 Å². The summed E-state index contributed by atoms with van der Waals surface area (Å²) >= 11 is 0. The molecule has 0 aliphatic rings. The fourth-order valence-electron chi connectivity index (χ4n) is 1.95. The van der Waals surface area contributed by atoms with Crippen LogP contribution in [0.4, 0.5) is 0 Å². The second-order valence-corrected chi connectivity index (χ2v) is 4.23. The van der Waals surface area contributed by atoms with E-state index >= 15 is 0 Å². The molecule has 0 atom stereocenters. The van der Waals surface area contributed by atoms with Crippen LogP contribution >= 0.6 is 0 Å². The summed E-state index contributed by atoms with van der Waals surface area (Å²) in [5.74, 6) is -0.466. The van der Waals surface area contributed by atoms with Gasteiger partial charge < -0.3 is 9.52 Å². The molecule has 0 aliphatic heterocycles. The summed E-state index contributed by atoms with van der Waals surface area (Å²) < 4.78 is 8.32. The summed E-state index contributed by atoms with van der Waals surface area (Å²) in [6, 6.07) is 3.54. The highest BCUT2D eigenvalue weighted by Gasteiger charge is 2.22. The lowest BCUT2D eigenvalue weighted by Gasteiger charge is -2.03. The Morgan fingerprint density at radius 2 is 2.35 bits per heavy atom. The number of carboxylic acids is 1. The van der Waals surface area contributed by atoms with Gasteiger partial charge in [0.1, 0.15) is 18.0 Å². The number of carboxylic acid groups (broad SMARTS) is 1. The smallest absolute Gasteiger partial charge is 0.358 e. The van der Waals surface area contributed by atoms with Crippen molar-refractivity contribution in [1.29, 1.82) is 0 Å². The molecule has 102 valence electrons. The molecule has 8 nitrogen and oxygen atoms in total. The van der Waals surface area contributed by atoms with Crippen molar-refractivity contribution >= 4 is 5.97 Å². The topological polar surface area (TPSA) is 99.0 Å². The van der Waals surface area contributed by atoms with E-state index in [4.69, 9.17) is 4.42 Å². The summed E-state index contributed by atoms with van der Waals surface area (Å²) in [7, 11) is 1.75. The van der Waals surface area contributed by atoms with Crippen molar-refractivity contribution in [2.75, 3.05) is 0 Å². The first-order chi connectivity index (χ1) is 9.65. The van der Waals surface area contributed by atoms with Gasteiger partial charge in [-0.2, -0.15) is 5.10 Å². The van der Waals surface area contributed by atoms with Gasteiger partial charge in [-0.05, 0) is 12.1 Å². The number of rotatable bonds is 4. The van der Waals surface area contributed by atoms with Crippen LogP contribution in [0.5, 0.6) is 0 Å². The summed E-state index contributed by atoms with van der Waals surface area (Å²) in [6.07, 6.45) is 4.83. The van der Waals surface area contributed by atoms with Crippen LogP contribution < -0.4 is 0 Å². The maximum Gasteiger partial charge on any atom is 0.358 e. The second-order valence-electron chi connectivity index (χ2n) is 4.23. The zero-order valence-corrected chi connectivity index (χ0v) is 10.6. The van der Waals surface area contributed by atoms with E-state index < -0.39 is 5.97 Å².